The van der Waals surface area contributed by atoms with E-state index in [1.165, 1.54) is 0 Å². The maximum absolute atomic E-state index is 9.87. The Hall–Kier alpha value is -0.390. The second-order valence-corrected chi connectivity index (χ2v) is 4.01. The van der Waals surface area contributed by atoms with Crippen molar-refractivity contribution in [3.05, 3.63) is 16.4 Å². The van der Waals surface area contributed by atoms with Gasteiger partial charge < -0.3 is 10.8 Å². The summed E-state index contributed by atoms with van der Waals surface area (Å²) in [5, 5.41) is 13.9. The van der Waals surface area contributed by atoms with Crippen LogP contribution in [0.3, 0.4) is 0 Å². The quantitative estimate of drug-likeness (QED) is 0.832. The summed E-state index contributed by atoms with van der Waals surface area (Å²) in [6.07, 6.45) is 1.11. The van der Waals surface area contributed by atoms with E-state index in [9.17, 15) is 5.11 Å². The highest BCUT2D eigenvalue weighted by Gasteiger charge is 2.20. The van der Waals surface area contributed by atoms with Gasteiger partial charge in [0.2, 0.25) is 0 Å². The van der Waals surface area contributed by atoms with E-state index in [1.54, 1.807) is 17.9 Å². The molecule has 0 amide bonds. The highest BCUT2D eigenvalue weighted by molar-refractivity contribution is 9.10. The molecule has 0 bridgehead atoms. The van der Waals surface area contributed by atoms with Crippen LogP contribution in [-0.4, -0.2) is 21.4 Å². The van der Waals surface area contributed by atoms with Gasteiger partial charge in [0.25, 0.3) is 0 Å². The SMILES string of the molecule is CC(CN)C(O)c1c(Br)cnn1C. The number of halogens is 1. The molecule has 1 aromatic heterocycles. The number of aliphatic hydroxyl groups is 1. The Kier molecular flexibility index (Phi) is 3.47. The van der Waals surface area contributed by atoms with Crippen molar-refractivity contribution in [2.24, 2.45) is 18.7 Å². The summed E-state index contributed by atoms with van der Waals surface area (Å²) in [4.78, 5) is 0. The predicted octanol–water partition coefficient (Wildman–Crippen LogP) is 0.811. The lowest BCUT2D eigenvalue weighted by molar-refractivity contribution is 0.112. The summed E-state index contributed by atoms with van der Waals surface area (Å²) in [5.74, 6) is 0.0340. The molecular formula is C8H14BrN3O. The molecule has 0 aliphatic rings. The van der Waals surface area contributed by atoms with Crippen LogP contribution in [0, 0.1) is 5.92 Å². The second-order valence-electron chi connectivity index (χ2n) is 3.16. The Morgan fingerprint density at radius 2 is 2.38 bits per heavy atom. The van der Waals surface area contributed by atoms with Crippen LogP contribution < -0.4 is 5.73 Å². The van der Waals surface area contributed by atoms with E-state index in [-0.39, 0.29) is 5.92 Å². The molecule has 0 aromatic carbocycles. The molecule has 2 atom stereocenters. The lowest BCUT2D eigenvalue weighted by atomic mass is 10.0. The first-order valence-corrected chi connectivity index (χ1v) is 4.92. The number of aryl methyl sites for hydroxylation is 1. The minimum absolute atomic E-state index is 0.0340. The lowest BCUT2D eigenvalue weighted by Gasteiger charge is -2.17. The standard InChI is InChI=1S/C8H14BrN3O/c1-5(3-10)8(13)7-6(9)4-11-12(7)2/h4-5,8,13H,3,10H2,1-2H3. The number of hydrogen-bond donors (Lipinski definition) is 2. The second kappa shape index (κ2) is 4.21. The van der Waals surface area contributed by atoms with E-state index in [0.717, 1.165) is 10.2 Å². The molecule has 5 heteroatoms. The third kappa shape index (κ3) is 2.10. The van der Waals surface area contributed by atoms with Crippen LogP contribution in [0.1, 0.15) is 18.7 Å². The smallest absolute Gasteiger partial charge is 0.100 e. The van der Waals surface area contributed by atoms with Gasteiger partial charge in [-0.15, -0.1) is 0 Å². The topological polar surface area (TPSA) is 64.1 Å². The van der Waals surface area contributed by atoms with Crippen LogP contribution in [0.4, 0.5) is 0 Å². The lowest BCUT2D eigenvalue weighted by Crippen LogP contribution is -2.21. The summed E-state index contributed by atoms with van der Waals surface area (Å²) in [7, 11) is 1.80. The average Bonchev–Trinajstić information content (AvgIpc) is 2.44. The third-order valence-corrected chi connectivity index (χ3v) is 2.74. The van der Waals surface area contributed by atoms with Gasteiger partial charge in [-0.3, -0.25) is 4.68 Å². The fourth-order valence-corrected chi connectivity index (χ4v) is 1.73. The largest absolute Gasteiger partial charge is 0.386 e. The van der Waals surface area contributed by atoms with Gasteiger partial charge >= 0.3 is 0 Å². The number of hydrogen-bond acceptors (Lipinski definition) is 3. The molecule has 74 valence electrons. The number of aliphatic hydroxyl groups excluding tert-OH is 1. The van der Waals surface area contributed by atoms with Crippen molar-refractivity contribution >= 4 is 15.9 Å². The molecule has 0 fully saturated rings. The molecular weight excluding hydrogens is 234 g/mol. The van der Waals surface area contributed by atoms with Gasteiger partial charge in [-0.25, -0.2) is 0 Å². The van der Waals surface area contributed by atoms with Crippen molar-refractivity contribution in [3.8, 4) is 0 Å². The molecule has 13 heavy (non-hydrogen) atoms. The van der Waals surface area contributed by atoms with Crippen LogP contribution in [-0.2, 0) is 7.05 Å². The first-order valence-electron chi connectivity index (χ1n) is 4.13. The van der Waals surface area contributed by atoms with Crippen LogP contribution in [0.2, 0.25) is 0 Å². The van der Waals surface area contributed by atoms with E-state index in [4.69, 9.17) is 5.73 Å². The number of aromatic nitrogens is 2. The summed E-state index contributed by atoms with van der Waals surface area (Å²) in [6.45, 7) is 2.36. The van der Waals surface area contributed by atoms with Gasteiger partial charge in [-0.2, -0.15) is 5.10 Å². The van der Waals surface area contributed by atoms with E-state index in [0.29, 0.717) is 6.54 Å². The van der Waals surface area contributed by atoms with Gasteiger partial charge in [-0.1, -0.05) is 6.92 Å². The third-order valence-electron chi connectivity index (χ3n) is 2.13. The van der Waals surface area contributed by atoms with Crippen molar-refractivity contribution in [3.63, 3.8) is 0 Å². The van der Waals surface area contributed by atoms with E-state index >= 15 is 0 Å². The summed E-state index contributed by atoms with van der Waals surface area (Å²) in [6, 6.07) is 0. The van der Waals surface area contributed by atoms with Crippen molar-refractivity contribution < 1.29 is 5.11 Å². The van der Waals surface area contributed by atoms with Crippen molar-refractivity contribution in [2.45, 2.75) is 13.0 Å². The molecule has 0 saturated heterocycles. The van der Waals surface area contributed by atoms with Crippen molar-refractivity contribution in [1.29, 1.82) is 0 Å². The van der Waals surface area contributed by atoms with Crippen LogP contribution in [0.25, 0.3) is 0 Å². The van der Waals surface area contributed by atoms with Gasteiger partial charge in [0, 0.05) is 7.05 Å². The molecule has 4 nitrogen and oxygen atoms in total. The van der Waals surface area contributed by atoms with Crippen molar-refractivity contribution in [1.82, 2.24) is 9.78 Å². The highest BCUT2D eigenvalue weighted by atomic mass is 79.9. The maximum Gasteiger partial charge on any atom is 0.100 e. The molecule has 0 spiro atoms. The zero-order valence-corrected chi connectivity index (χ0v) is 9.32. The molecule has 0 aliphatic carbocycles. The molecule has 0 aliphatic heterocycles. The van der Waals surface area contributed by atoms with Gasteiger partial charge in [0.1, 0.15) is 6.10 Å². The summed E-state index contributed by atoms with van der Waals surface area (Å²) >= 11 is 3.33. The van der Waals surface area contributed by atoms with Gasteiger partial charge in [0.05, 0.1) is 16.4 Å². The minimum atomic E-state index is -0.563. The molecule has 0 radical (unpaired) electrons. The predicted molar refractivity (Wildman–Crippen MR) is 54.1 cm³/mol. The molecule has 2 unspecified atom stereocenters. The Bertz CT molecular complexity index is 267. The molecule has 1 heterocycles. The van der Waals surface area contributed by atoms with Crippen molar-refractivity contribution in [2.75, 3.05) is 6.54 Å². The molecule has 3 N–H and O–H groups in total. The Balaban J connectivity index is 2.93. The summed E-state index contributed by atoms with van der Waals surface area (Å²) in [5.41, 5.74) is 6.25. The zero-order chi connectivity index (χ0) is 10.0. The maximum atomic E-state index is 9.87. The monoisotopic (exact) mass is 247 g/mol. The number of rotatable bonds is 3. The normalized spacial score (nSPS) is 15.8. The highest BCUT2D eigenvalue weighted by Crippen LogP contribution is 2.27. The first kappa shape index (κ1) is 10.7. The molecule has 1 rings (SSSR count). The summed E-state index contributed by atoms with van der Waals surface area (Å²) < 4.78 is 2.48. The average molecular weight is 248 g/mol. The fourth-order valence-electron chi connectivity index (χ4n) is 1.15. The van der Waals surface area contributed by atoms with E-state index in [2.05, 4.69) is 21.0 Å². The Morgan fingerprint density at radius 1 is 1.77 bits per heavy atom. The molecule has 1 aromatic rings. The Labute approximate surface area is 85.9 Å². The number of nitrogens with zero attached hydrogens (tertiary/aromatic N) is 2. The van der Waals surface area contributed by atoms with Crippen LogP contribution in [0.5, 0.6) is 0 Å². The van der Waals surface area contributed by atoms with Gasteiger partial charge in [-0.05, 0) is 28.4 Å². The van der Waals surface area contributed by atoms with Gasteiger partial charge in [0.15, 0.2) is 0 Å². The fraction of sp³-hybridized carbons (Fsp3) is 0.625. The van der Waals surface area contributed by atoms with E-state index in [1.807, 2.05) is 6.92 Å². The zero-order valence-electron chi connectivity index (χ0n) is 7.74. The number of nitrogens with two attached hydrogens (primary N) is 1. The van der Waals surface area contributed by atoms with Crippen LogP contribution >= 0.6 is 15.9 Å². The Morgan fingerprint density at radius 3 is 2.77 bits per heavy atom. The van der Waals surface area contributed by atoms with E-state index < -0.39 is 6.10 Å². The minimum Gasteiger partial charge on any atom is -0.386 e. The molecule has 0 saturated carbocycles. The van der Waals surface area contributed by atoms with Crippen LogP contribution in [0.15, 0.2) is 10.7 Å². The first-order chi connectivity index (χ1) is 6.07.